The van der Waals surface area contributed by atoms with E-state index in [4.69, 9.17) is 23.7 Å². The number of carbonyl (C=O) groups excluding carboxylic acids is 5. The largest absolute Gasteiger partial charge is 0.456 e. The molecule has 11 atom stereocenters. The lowest BCUT2D eigenvalue weighted by Gasteiger charge is -2.68. The van der Waals surface area contributed by atoms with Crippen LogP contribution >= 0.6 is 0 Å². The maximum atomic E-state index is 15.4. The van der Waals surface area contributed by atoms with Gasteiger partial charge < -0.3 is 49.0 Å². The number of nitrogens with one attached hydrogen (secondary N) is 1. The number of aliphatic hydroxyl groups is 3. The van der Waals surface area contributed by atoms with Gasteiger partial charge in [-0.1, -0.05) is 62.4 Å². The summed E-state index contributed by atoms with van der Waals surface area (Å²) in [5, 5.41) is 38.9. The van der Waals surface area contributed by atoms with Crippen LogP contribution in [0.3, 0.4) is 0 Å². The summed E-state index contributed by atoms with van der Waals surface area (Å²) in [5.74, 6) is -5.80. The average Bonchev–Trinajstić information content (AvgIpc) is 3.17. The fourth-order valence-corrected chi connectivity index (χ4v) is 10.0. The molecule has 2 bridgehead atoms. The smallest absolute Gasteiger partial charge is 0.338 e. The van der Waals surface area contributed by atoms with Gasteiger partial charge in [0.2, 0.25) is 0 Å². The molecular formula is C41H49BNO13. The number of benzene rings is 2. The highest BCUT2D eigenvalue weighted by Crippen LogP contribution is 2.65. The van der Waals surface area contributed by atoms with Gasteiger partial charge in [0.15, 0.2) is 17.5 Å². The van der Waals surface area contributed by atoms with Gasteiger partial charge in [-0.05, 0) is 42.7 Å². The van der Waals surface area contributed by atoms with Crippen LogP contribution in [0.4, 0.5) is 0 Å². The topological polar surface area (TPSA) is 204 Å². The number of rotatable bonds is 12. The van der Waals surface area contributed by atoms with Crippen molar-refractivity contribution in [3.8, 4) is 0 Å². The van der Waals surface area contributed by atoms with E-state index in [1.807, 2.05) is 0 Å². The Morgan fingerprint density at radius 1 is 1.05 bits per heavy atom. The molecule has 56 heavy (non-hydrogen) atoms. The van der Waals surface area contributed by atoms with Crippen LogP contribution in [0.2, 0.25) is 0 Å². The minimum Gasteiger partial charge on any atom is -0.456 e. The van der Waals surface area contributed by atoms with Crippen molar-refractivity contribution in [2.24, 2.45) is 22.7 Å². The summed E-state index contributed by atoms with van der Waals surface area (Å²) in [7, 11) is 2.46. The molecule has 1 unspecified atom stereocenters. The van der Waals surface area contributed by atoms with Crippen molar-refractivity contribution < 1.29 is 63.0 Å². The van der Waals surface area contributed by atoms with Gasteiger partial charge in [0, 0.05) is 32.3 Å². The number of Topliss-reactive ketones (excluding diaryl/α,β-unsaturated/α-hetero) is 1. The second-order valence-corrected chi connectivity index (χ2v) is 15.9. The molecule has 2 aromatic carbocycles. The first-order chi connectivity index (χ1) is 26.5. The van der Waals surface area contributed by atoms with Crippen LogP contribution in [0.1, 0.15) is 69.4 Å². The summed E-state index contributed by atoms with van der Waals surface area (Å²) >= 11 is 0. The van der Waals surface area contributed by atoms with E-state index in [1.54, 1.807) is 76.2 Å². The lowest BCUT2D eigenvalue weighted by Crippen LogP contribution is -2.81. The molecule has 1 aliphatic heterocycles. The molecule has 1 radical (unpaired) electrons. The lowest BCUT2D eigenvalue weighted by atomic mass is 9.43. The number of methoxy groups -OCH3 is 1. The van der Waals surface area contributed by atoms with Gasteiger partial charge in [-0.25, -0.2) is 9.59 Å². The van der Waals surface area contributed by atoms with E-state index >= 15 is 4.79 Å². The van der Waals surface area contributed by atoms with Crippen molar-refractivity contribution in [3.05, 3.63) is 82.9 Å². The van der Waals surface area contributed by atoms with Crippen LogP contribution in [-0.4, -0.2) is 115 Å². The van der Waals surface area contributed by atoms with E-state index in [1.165, 1.54) is 26.2 Å². The number of hydrogen-bond acceptors (Lipinski definition) is 14. The second-order valence-electron chi connectivity index (χ2n) is 15.9. The third-order valence-electron chi connectivity index (χ3n) is 12.8. The quantitative estimate of drug-likeness (QED) is 0.0802. The van der Waals surface area contributed by atoms with Crippen molar-refractivity contribution >= 4 is 37.3 Å². The minimum absolute atomic E-state index is 0.107. The molecule has 15 heteroatoms. The van der Waals surface area contributed by atoms with E-state index in [9.17, 15) is 34.5 Å². The van der Waals surface area contributed by atoms with Crippen LogP contribution < -0.4 is 5.23 Å². The highest BCUT2D eigenvalue weighted by atomic mass is 16.6. The zero-order valence-corrected chi connectivity index (χ0v) is 32.3. The molecule has 299 valence electrons. The second kappa shape index (κ2) is 15.6. The number of carbonyl (C=O) groups is 5. The van der Waals surface area contributed by atoms with Crippen molar-refractivity contribution in [2.45, 2.75) is 95.2 Å². The highest BCUT2D eigenvalue weighted by Gasteiger charge is 2.78. The van der Waals surface area contributed by atoms with Crippen LogP contribution in [-0.2, 0) is 42.9 Å². The summed E-state index contributed by atoms with van der Waals surface area (Å²) < 4.78 is 30.6. The number of hydrogen-bond donors (Lipinski definition) is 4. The molecule has 3 aliphatic carbocycles. The van der Waals surface area contributed by atoms with Crippen LogP contribution in [0.25, 0.3) is 0 Å². The number of esters is 3. The summed E-state index contributed by atoms with van der Waals surface area (Å²) in [4.78, 5) is 67.8. The Kier molecular flexibility index (Phi) is 11.5. The van der Waals surface area contributed by atoms with Crippen LogP contribution in [0.5, 0.6) is 0 Å². The average molecular weight is 775 g/mol. The number of fused-ring (bicyclic) bond motifs is 5. The number of ketones is 1. The van der Waals surface area contributed by atoms with Gasteiger partial charge in [-0.3, -0.25) is 9.59 Å². The molecule has 3 fully saturated rings. The summed E-state index contributed by atoms with van der Waals surface area (Å²) in [5.41, 5.74) is -5.76. The zero-order chi connectivity index (χ0) is 40.8. The van der Waals surface area contributed by atoms with Gasteiger partial charge in [0.05, 0.1) is 54.4 Å². The molecule has 4 aliphatic rings. The zero-order valence-electron chi connectivity index (χ0n) is 32.3. The molecule has 0 aromatic heterocycles. The predicted molar refractivity (Wildman–Crippen MR) is 199 cm³/mol. The fraction of sp³-hybridized carbons (Fsp3) is 0.537. The molecule has 0 spiro atoms. The first-order valence-electron chi connectivity index (χ1n) is 18.7. The highest BCUT2D eigenvalue weighted by molar-refractivity contribution is 6.64. The van der Waals surface area contributed by atoms with Crippen molar-refractivity contribution in [1.29, 1.82) is 0 Å². The fourth-order valence-electron chi connectivity index (χ4n) is 10.0. The van der Waals surface area contributed by atoms with Crippen molar-refractivity contribution in [2.75, 3.05) is 20.3 Å². The summed E-state index contributed by atoms with van der Waals surface area (Å²) in [6, 6.07) is 15.4. The SMILES string of the molecule is CO[C@H]1C[C@H]2OC[C@@]2(OC(C)=O)C2[C@H](OC(=O)c3ccccc3)[C@]3(O)C[C@H](OC(=O)[C@H](O)[C@@H](N[B]C=O)c4ccccc4)C(C)=C([C@@H](CO)C(=O)[C@@]21C)C3(C)C. The van der Waals surface area contributed by atoms with E-state index in [-0.39, 0.29) is 24.2 Å². The molecule has 6 rings (SSSR count). The molecule has 1 saturated heterocycles. The standard InChI is InChI=1S/C41H49BNO13/c1-22-27(54-37(50)32(47)31(43-42-21-45)24-13-9-7-10-14-24)18-41(51)35(55-36(49)25-15-11-8-12-16-25)33-39(5,34(48)26(19-44)30(22)38(41,3)4)28(52-6)17-29-40(33,20-53-29)56-23(2)46/h7-16,21,26-29,31-33,35,43-44,47,51H,17-20H2,1-6H3/t26-,27+,28+,29-,31+,32-,33?,35+,39-,40+,41-/m1/s1. The molecule has 1 heterocycles. The molecule has 0 amide bonds. The van der Waals surface area contributed by atoms with Gasteiger partial charge >= 0.3 is 17.9 Å². The lowest BCUT2D eigenvalue weighted by molar-refractivity contribution is -0.347. The third-order valence-corrected chi connectivity index (χ3v) is 12.8. The first kappa shape index (κ1) is 41.4. The summed E-state index contributed by atoms with van der Waals surface area (Å²) in [6.45, 7) is 6.87. The van der Waals surface area contributed by atoms with Crippen LogP contribution in [0, 0.1) is 22.7 Å². The first-order valence-corrected chi connectivity index (χ1v) is 18.7. The molecule has 2 aromatic rings. The molecule has 14 nitrogen and oxygen atoms in total. The Labute approximate surface area is 326 Å². The maximum absolute atomic E-state index is 15.4. The molecule has 2 saturated carbocycles. The van der Waals surface area contributed by atoms with Crippen molar-refractivity contribution in [3.63, 3.8) is 0 Å². The van der Waals surface area contributed by atoms with Gasteiger partial charge in [0.1, 0.15) is 23.9 Å². The van der Waals surface area contributed by atoms with E-state index < -0.39 is 107 Å². The number of ether oxygens (including phenoxy) is 5. The Morgan fingerprint density at radius 2 is 1.70 bits per heavy atom. The predicted octanol–water partition coefficient (Wildman–Crippen LogP) is 2.04. The Bertz CT molecular complexity index is 1870. The Balaban J connectivity index is 1.55. The van der Waals surface area contributed by atoms with Gasteiger partial charge in [0.25, 0.3) is 7.41 Å². The molecule has 4 N–H and O–H groups in total. The summed E-state index contributed by atoms with van der Waals surface area (Å²) in [6.07, 6.45) is -6.44. The van der Waals surface area contributed by atoms with E-state index in [0.717, 1.165) is 7.41 Å². The van der Waals surface area contributed by atoms with E-state index in [0.29, 0.717) is 17.3 Å². The Hall–Kier alpha value is -4.25. The monoisotopic (exact) mass is 774 g/mol. The van der Waals surface area contributed by atoms with Gasteiger partial charge in [-0.2, -0.15) is 0 Å². The normalized spacial score (nSPS) is 34.2. The maximum Gasteiger partial charge on any atom is 0.338 e. The van der Waals surface area contributed by atoms with Gasteiger partial charge in [-0.15, -0.1) is 0 Å². The Morgan fingerprint density at radius 3 is 2.25 bits per heavy atom. The van der Waals surface area contributed by atoms with Crippen molar-refractivity contribution in [1.82, 2.24) is 5.23 Å². The molecular weight excluding hydrogens is 725 g/mol. The third kappa shape index (κ3) is 6.51. The number of aliphatic hydroxyl groups excluding tert-OH is 2. The minimum atomic E-state index is -2.21. The van der Waals surface area contributed by atoms with Crippen LogP contribution in [0.15, 0.2) is 71.8 Å². The van der Waals surface area contributed by atoms with E-state index in [2.05, 4.69) is 5.23 Å².